The van der Waals surface area contributed by atoms with Crippen LogP contribution in [0.4, 0.5) is 13.2 Å². The maximum atomic E-state index is 12.9. The van der Waals surface area contributed by atoms with Crippen LogP contribution in [0, 0.1) is 11.3 Å². The zero-order valence-electron chi connectivity index (χ0n) is 14.9. The molecule has 1 aliphatic heterocycles. The molecule has 1 aromatic heterocycles. The number of aryl methyl sites for hydroxylation is 1. The van der Waals surface area contributed by atoms with Crippen LogP contribution in [-0.2, 0) is 17.4 Å². The van der Waals surface area contributed by atoms with Gasteiger partial charge in [0, 0.05) is 17.8 Å². The van der Waals surface area contributed by atoms with Crippen LogP contribution in [0.15, 0.2) is 30.3 Å². The van der Waals surface area contributed by atoms with Crippen molar-refractivity contribution in [2.45, 2.75) is 31.5 Å². The van der Waals surface area contributed by atoms with Gasteiger partial charge in [0.15, 0.2) is 0 Å². The predicted molar refractivity (Wildman–Crippen MR) is 94.9 cm³/mol. The van der Waals surface area contributed by atoms with Crippen molar-refractivity contribution in [3.63, 3.8) is 0 Å². The van der Waals surface area contributed by atoms with Crippen molar-refractivity contribution in [2.24, 2.45) is 0 Å². The molecule has 0 unspecified atom stereocenters. The van der Waals surface area contributed by atoms with Crippen molar-refractivity contribution >= 4 is 5.91 Å². The lowest BCUT2D eigenvalue weighted by Gasteiger charge is -2.11. The Morgan fingerprint density at radius 2 is 2.11 bits per heavy atom. The summed E-state index contributed by atoms with van der Waals surface area (Å²) in [7, 11) is 0. The Kier molecular flexibility index (Phi) is 5.90. The Bertz CT molecular complexity index is 907. The Morgan fingerprint density at radius 1 is 1.29 bits per heavy atom. The molecule has 1 saturated heterocycles. The highest BCUT2D eigenvalue weighted by atomic mass is 19.4. The van der Waals surface area contributed by atoms with Crippen LogP contribution in [0.25, 0.3) is 11.3 Å². The second-order valence-electron chi connectivity index (χ2n) is 6.45. The van der Waals surface area contributed by atoms with Crippen LogP contribution in [0.5, 0.6) is 0 Å². The van der Waals surface area contributed by atoms with Gasteiger partial charge >= 0.3 is 6.18 Å². The first-order valence-corrected chi connectivity index (χ1v) is 8.83. The molecule has 1 aliphatic rings. The first-order valence-electron chi connectivity index (χ1n) is 8.83. The molecule has 0 radical (unpaired) electrons. The van der Waals surface area contributed by atoms with Crippen molar-refractivity contribution in [2.75, 3.05) is 13.1 Å². The summed E-state index contributed by atoms with van der Waals surface area (Å²) in [5.74, 6) is -0.103. The van der Waals surface area contributed by atoms with Gasteiger partial charge in [0.05, 0.1) is 17.3 Å². The van der Waals surface area contributed by atoms with Crippen molar-refractivity contribution < 1.29 is 18.0 Å². The Balaban J connectivity index is 1.72. The second-order valence-corrected chi connectivity index (χ2v) is 6.45. The van der Waals surface area contributed by atoms with Gasteiger partial charge in [-0.2, -0.15) is 18.4 Å². The molecule has 28 heavy (non-hydrogen) atoms. The largest absolute Gasteiger partial charge is 0.416 e. The van der Waals surface area contributed by atoms with Gasteiger partial charge < -0.3 is 10.6 Å². The van der Waals surface area contributed by atoms with E-state index in [1.54, 1.807) is 6.07 Å². The van der Waals surface area contributed by atoms with E-state index >= 15 is 0 Å². The highest BCUT2D eigenvalue weighted by Gasteiger charge is 2.30. The first kappa shape index (κ1) is 19.8. The molecule has 0 aliphatic carbocycles. The summed E-state index contributed by atoms with van der Waals surface area (Å²) in [4.78, 5) is 19.7. The molecule has 2 N–H and O–H groups in total. The highest BCUT2D eigenvalue weighted by molar-refractivity contribution is 5.83. The lowest BCUT2D eigenvalue weighted by Crippen LogP contribution is -2.36. The third kappa shape index (κ3) is 4.84. The molecule has 6 nitrogen and oxygen atoms in total. The van der Waals surface area contributed by atoms with E-state index in [1.807, 2.05) is 6.07 Å². The van der Waals surface area contributed by atoms with Gasteiger partial charge in [0.2, 0.25) is 11.7 Å². The SMILES string of the molecule is N#Cc1nc(CCCN[C@H]2CCNC2=O)cc(-c2cccc(C(F)(F)F)c2)n1. The van der Waals surface area contributed by atoms with E-state index in [1.165, 1.54) is 12.1 Å². The van der Waals surface area contributed by atoms with E-state index in [2.05, 4.69) is 20.6 Å². The van der Waals surface area contributed by atoms with E-state index in [9.17, 15) is 18.0 Å². The van der Waals surface area contributed by atoms with Crippen LogP contribution < -0.4 is 10.6 Å². The van der Waals surface area contributed by atoms with Crippen LogP contribution in [-0.4, -0.2) is 35.0 Å². The number of nitrogens with one attached hydrogen (secondary N) is 2. The van der Waals surface area contributed by atoms with E-state index in [0.717, 1.165) is 18.6 Å². The summed E-state index contributed by atoms with van der Waals surface area (Å²) >= 11 is 0. The normalized spacial score (nSPS) is 16.6. The predicted octanol–water partition coefficient (Wildman–Crippen LogP) is 2.44. The summed E-state index contributed by atoms with van der Waals surface area (Å²) < 4.78 is 38.8. The monoisotopic (exact) mass is 389 g/mol. The summed E-state index contributed by atoms with van der Waals surface area (Å²) in [5.41, 5.74) is 0.339. The lowest BCUT2D eigenvalue weighted by atomic mass is 10.1. The minimum atomic E-state index is -4.46. The fourth-order valence-corrected chi connectivity index (χ4v) is 3.01. The molecule has 1 aromatic carbocycles. The Morgan fingerprint density at radius 3 is 2.79 bits per heavy atom. The van der Waals surface area contributed by atoms with E-state index in [-0.39, 0.29) is 29.0 Å². The molecule has 0 saturated carbocycles. The third-order valence-electron chi connectivity index (χ3n) is 4.41. The van der Waals surface area contributed by atoms with E-state index < -0.39 is 11.7 Å². The standard InChI is InChI=1S/C19H18F3N5O/c20-19(21,22)13-4-1-3-12(9-13)16-10-14(26-17(11-23)27-16)5-2-7-24-15-6-8-25-18(15)28/h1,3-4,9-10,15,24H,2,5-8H2,(H,25,28)/t15-/m0/s1. The summed E-state index contributed by atoms with van der Waals surface area (Å²) in [6.07, 6.45) is -2.55. The van der Waals surface area contributed by atoms with Gasteiger partial charge in [-0.3, -0.25) is 4.79 Å². The molecular weight excluding hydrogens is 371 g/mol. The number of rotatable bonds is 6. The minimum absolute atomic E-state index is 0.0133. The number of carbonyl (C=O) groups is 1. The molecule has 2 aromatic rings. The minimum Gasteiger partial charge on any atom is -0.355 e. The number of hydrogen-bond donors (Lipinski definition) is 2. The topological polar surface area (TPSA) is 90.7 Å². The molecule has 2 heterocycles. The van der Waals surface area contributed by atoms with Gasteiger partial charge in [-0.05, 0) is 44.0 Å². The van der Waals surface area contributed by atoms with E-state index in [4.69, 9.17) is 5.26 Å². The summed E-state index contributed by atoms with van der Waals surface area (Å²) in [6.45, 7) is 1.25. The zero-order valence-corrected chi connectivity index (χ0v) is 14.9. The summed E-state index contributed by atoms with van der Waals surface area (Å²) in [6, 6.07) is 8.07. The molecule has 1 fully saturated rings. The quantitative estimate of drug-likeness (QED) is 0.741. The Labute approximate surface area is 159 Å². The highest BCUT2D eigenvalue weighted by Crippen LogP contribution is 2.31. The molecule has 146 valence electrons. The number of hydrogen-bond acceptors (Lipinski definition) is 5. The number of aromatic nitrogens is 2. The molecular formula is C19H18F3N5O. The van der Waals surface area contributed by atoms with Crippen LogP contribution >= 0.6 is 0 Å². The number of amides is 1. The van der Waals surface area contributed by atoms with Crippen LogP contribution in [0.2, 0.25) is 0 Å². The van der Waals surface area contributed by atoms with Crippen molar-refractivity contribution in [3.8, 4) is 17.3 Å². The number of benzene rings is 1. The number of alkyl halides is 3. The smallest absolute Gasteiger partial charge is 0.355 e. The van der Waals surface area contributed by atoms with Crippen LogP contribution in [0.1, 0.15) is 29.9 Å². The number of carbonyl (C=O) groups excluding carboxylic acids is 1. The molecule has 0 spiro atoms. The molecule has 1 amide bonds. The molecule has 1 atom stereocenters. The average Bonchev–Trinajstić information content (AvgIpc) is 3.09. The molecule has 0 bridgehead atoms. The van der Waals surface area contributed by atoms with Crippen LogP contribution in [0.3, 0.4) is 0 Å². The third-order valence-corrected chi connectivity index (χ3v) is 4.41. The fourth-order valence-electron chi connectivity index (χ4n) is 3.01. The number of nitrogens with zero attached hydrogens (tertiary/aromatic N) is 3. The molecule has 9 heteroatoms. The zero-order chi connectivity index (χ0) is 20.1. The fraction of sp³-hybridized carbons (Fsp3) is 0.368. The van der Waals surface area contributed by atoms with Gasteiger partial charge in [-0.25, -0.2) is 9.97 Å². The maximum absolute atomic E-state index is 12.9. The lowest BCUT2D eigenvalue weighted by molar-refractivity contribution is -0.137. The van der Waals surface area contributed by atoms with Crippen molar-refractivity contribution in [3.05, 3.63) is 47.4 Å². The first-order chi connectivity index (χ1) is 13.4. The van der Waals surface area contributed by atoms with Crippen molar-refractivity contribution in [1.29, 1.82) is 5.26 Å². The maximum Gasteiger partial charge on any atom is 0.416 e. The van der Waals surface area contributed by atoms with Gasteiger partial charge in [0.25, 0.3) is 0 Å². The van der Waals surface area contributed by atoms with E-state index in [0.29, 0.717) is 31.6 Å². The second kappa shape index (κ2) is 8.35. The average molecular weight is 389 g/mol. The van der Waals surface area contributed by atoms with Crippen molar-refractivity contribution in [1.82, 2.24) is 20.6 Å². The number of nitriles is 1. The van der Waals surface area contributed by atoms with Gasteiger partial charge in [-0.15, -0.1) is 0 Å². The van der Waals surface area contributed by atoms with Gasteiger partial charge in [0.1, 0.15) is 6.07 Å². The number of halogens is 3. The molecule has 3 rings (SSSR count). The van der Waals surface area contributed by atoms with Gasteiger partial charge in [-0.1, -0.05) is 12.1 Å². The Hall–Kier alpha value is -2.99. The summed E-state index contributed by atoms with van der Waals surface area (Å²) in [5, 5.41) is 15.1.